The second-order valence-corrected chi connectivity index (χ2v) is 5.93. The van der Waals surface area contributed by atoms with Gasteiger partial charge in [0.25, 0.3) is 5.56 Å². The summed E-state index contributed by atoms with van der Waals surface area (Å²) in [6, 6.07) is 13.5. The number of rotatable bonds is 6. The van der Waals surface area contributed by atoms with E-state index in [0.717, 1.165) is 6.42 Å². The average Bonchev–Trinajstić information content (AvgIpc) is 2.69. The fourth-order valence-electron chi connectivity index (χ4n) is 2.59. The van der Waals surface area contributed by atoms with Gasteiger partial charge in [0.15, 0.2) is 0 Å². The third-order valence-corrected chi connectivity index (χ3v) is 3.90. The van der Waals surface area contributed by atoms with E-state index in [2.05, 4.69) is 10.3 Å². The van der Waals surface area contributed by atoms with E-state index in [4.69, 9.17) is 4.74 Å². The number of fused-ring (bicyclic) bond motifs is 1. The monoisotopic (exact) mass is 365 g/mol. The zero-order chi connectivity index (χ0) is 19.2. The lowest BCUT2D eigenvalue weighted by atomic mass is 10.2. The summed E-state index contributed by atoms with van der Waals surface area (Å²) in [5.74, 6) is -0.751. The molecule has 1 amide bonds. The number of aromatic nitrogens is 2. The van der Waals surface area contributed by atoms with Crippen molar-refractivity contribution in [1.29, 1.82) is 0 Å². The summed E-state index contributed by atoms with van der Waals surface area (Å²) in [5, 5.41) is 2.72. The van der Waals surface area contributed by atoms with Gasteiger partial charge in [0.05, 0.1) is 29.4 Å². The van der Waals surface area contributed by atoms with Gasteiger partial charge in [0.2, 0.25) is 5.91 Å². The number of ether oxygens (including phenoxy) is 1. The van der Waals surface area contributed by atoms with E-state index in [1.807, 2.05) is 13.0 Å². The first-order chi connectivity index (χ1) is 13.1. The normalized spacial score (nSPS) is 10.6. The molecule has 0 aliphatic heterocycles. The molecule has 0 radical (unpaired) electrons. The highest BCUT2D eigenvalue weighted by Crippen LogP contribution is 2.12. The molecule has 0 saturated carbocycles. The van der Waals surface area contributed by atoms with E-state index in [0.29, 0.717) is 28.9 Å². The van der Waals surface area contributed by atoms with Crippen LogP contribution in [0.3, 0.4) is 0 Å². The Balaban J connectivity index is 1.71. The highest BCUT2D eigenvalue weighted by molar-refractivity contribution is 5.93. The number of hydrogen-bond donors (Lipinski definition) is 1. The minimum absolute atomic E-state index is 0.137. The van der Waals surface area contributed by atoms with Crippen LogP contribution in [0.15, 0.2) is 59.5 Å². The standard InChI is InChI=1S/C20H19N3O4/c1-2-11-27-20(26)14-7-9-15(10-8-14)22-18(24)13-23-17-6-4-3-5-16(17)21-12-19(23)25/h3-10,12H,2,11,13H2,1H3,(H,22,24). The number of nitrogens with one attached hydrogen (secondary N) is 1. The Labute approximate surface area is 155 Å². The van der Waals surface area contributed by atoms with Gasteiger partial charge in [-0.2, -0.15) is 0 Å². The highest BCUT2D eigenvalue weighted by atomic mass is 16.5. The smallest absolute Gasteiger partial charge is 0.338 e. The molecule has 138 valence electrons. The maximum Gasteiger partial charge on any atom is 0.338 e. The number of nitrogens with zero attached hydrogens (tertiary/aromatic N) is 2. The van der Waals surface area contributed by atoms with Crippen LogP contribution in [0.5, 0.6) is 0 Å². The van der Waals surface area contributed by atoms with Gasteiger partial charge in [0.1, 0.15) is 6.54 Å². The van der Waals surface area contributed by atoms with Crippen LogP contribution >= 0.6 is 0 Å². The molecule has 0 spiro atoms. The number of para-hydroxylation sites is 2. The first kappa shape index (κ1) is 18.3. The average molecular weight is 365 g/mol. The number of benzene rings is 2. The molecule has 1 heterocycles. The number of amides is 1. The van der Waals surface area contributed by atoms with E-state index in [1.54, 1.807) is 42.5 Å². The quantitative estimate of drug-likeness (QED) is 0.678. The van der Waals surface area contributed by atoms with Crippen LogP contribution in [0.25, 0.3) is 11.0 Å². The summed E-state index contributed by atoms with van der Waals surface area (Å²) in [5.41, 5.74) is 1.82. The molecule has 3 rings (SSSR count). The zero-order valence-corrected chi connectivity index (χ0v) is 14.8. The Bertz CT molecular complexity index is 1030. The summed E-state index contributed by atoms with van der Waals surface area (Å²) < 4.78 is 6.43. The van der Waals surface area contributed by atoms with Gasteiger partial charge in [-0.25, -0.2) is 9.78 Å². The van der Waals surface area contributed by atoms with Crippen molar-refractivity contribution in [2.75, 3.05) is 11.9 Å². The van der Waals surface area contributed by atoms with Gasteiger partial charge in [-0.05, 0) is 42.8 Å². The van der Waals surface area contributed by atoms with Crippen molar-refractivity contribution >= 4 is 28.6 Å². The zero-order valence-electron chi connectivity index (χ0n) is 14.8. The van der Waals surface area contributed by atoms with Gasteiger partial charge >= 0.3 is 5.97 Å². The third-order valence-electron chi connectivity index (χ3n) is 3.90. The van der Waals surface area contributed by atoms with Crippen molar-refractivity contribution in [2.45, 2.75) is 19.9 Å². The fourth-order valence-corrected chi connectivity index (χ4v) is 2.59. The minimum Gasteiger partial charge on any atom is -0.462 e. The largest absolute Gasteiger partial charge is 0.462 e. The Morgan fingerprint density at radius 1 is 1.11 bits per heavy atom. The molecule has 27 heavy (non-hydrogen) atoms. The van der Waals surface area contributed by atoms with Crippen LogP contribution in [0.2, 0.25) is 0 Å². The molecule has 7 nitrogen and oxygen atoms in total. The molecule has 0 saturated heterocycles. The maximum atomic E-state index is 12.4. The number of anilines is 1. The molecule has 3 aromatic rings. The predicted octanol–water partition coefficient (Wildman–Crippen LogP) is 2.60. The van der Waals surface area contributed by atoms with Crippen LogP contribution in [0, 0.1) is 0 Å². The van der Waals surface area contributed by atoms with Crippen LogP contribution in [-0.2, 0) is 16.1 Å². The van der Waals surface area contributed by atoms with Gasteiger partial charge in [-0.15, -0.1) is 0 Å². The lowest BCUT2D eigenvalue weighted by molar-refractivity contribution is -0.116. The molecule has 1 aromatic heterocycles. The summed E-state index contributed by atoms with van der Waals surface area (Å²) in [7, 11) is 0. The molecule has 0 unspecified atom stereocenters. The van der Waals surface area contributed by atoms with E-state index >= 15 is 0 Å². The van der Waals surface area contributed by atoms with Gasteiger partial charge in [0, 0.05) is 5.69 Å². The van der Waals surface area contributed by atoms with Crippen LogP contribution in [0.4, 0.5) is 5.69 Å². The lowest BCUT2D eigenvalue weighted by Gasteiger charge is -2.10. The molecule has 0 aliphatic rings. The molecule has 0 atom stereocenters. The number of esters is 1. The van der Waals surface area contributed by atoms with E-state index in [-0.39, 0.29) is 18.0 Å². The van der Waals surface area contributed by atoms with Gasteiger partial charge in [-0.1, -0.05) is 19.1 Å². The van der Waals surface area contributed by atoms with Crippen molar-refractivity contribution in [3.8, 4) is 0 Å². The molecule has 1 N–H and O–H groups in total. The van der Waals surface area contributed by atoms with Crippen molar-refractivity contribution in [3.63, 3.8) is 0 Å². The van der Waals surface area contributed by atoms with Gasteiger partial charge in [-0.3, -0.25) is 14.2 Å². The topological polar surface area (TPSA) is 90.3 Å². The molecular formula is C20H19N3O4. The van der Waals surface area contributed by atoms with Gasteiger partial charge < -0.3 is 10.1 Å². The third kappa shape index (κ3) is 4.38. The second-order valence-electron chi connectivity index (χ2n) is 5.93. The number of carbonyl (C=O) groups is 2. The Morgan fingerprint density at radius 2 is 1.85 bits per heavy atom. The molecule has 0 bridgehead atoms. The van der Waals surface area contributed by atoms with Crippen LogP contribution in [0.1, 0.15) is 23.7 Å². The number of hydrogen-bond acceptors (Lipinski definition) is 5. The summed E-state index contributed by atoms with van der Waals surface area (Å²) in [6.45, 7) is 2.15. The second kappa shape index (κ2) is 8.27. The van der Waals surface area contributed by atoms with Crippen molar-refractivity contribution < 1.29 is 14.3 Å². The SMILES string of the molecule is CCCOC(=O)c1ccc(NC(=O)Cn2c(=O)cnc3ccccc32)cc1. The first-order valence-electron chi connectivity index (χ1n) is 8.60. The fraction of sp³-hybridized carbons (Fsp3) is 0.200. The van der Waals surface area contributed by atoms with Crippen LogP contribution < -0.4 is 10.9 Å². The molecule has 0 fully saturated rings. The minimum atomic E-state index is -0.399. The summed E-state index contributed by atoms with van der Waals surface area (Å²) >= 11 is 0. The van der Waals surface area contributed by atoms with E-state index in [1.165, 1.54) is 10.8 Å². The summed E-state index contributed by atoms with van der Waals surface area (Å²) in [4.78, 5) is 40.3. The molecular weight excluding hydrogens is 346 g/mol. The first-order valence-corrected chi connectivity index (χ1v) is 8.60. The molecule has 2 aromatic carbocycles. The van der Waals surface area contributed by atoms with E-state index in [9.17, 15) is 14.4 Å². The van der Waals surface area contributed by atoms with Crippen molar-refractivity contribution in [1.82, 2.24) is 9.55 Å². The predicted molar refractivity (Wildman–Crippen MR) is 102 cm³/mol. The number of carbonyl (C=O) groups excluding carboxylic acids is 2. The Morgan fingerprint density at radius 3 is 2.59 bits per heavy atom. The Kier molecular flexibility index (Phi) is 5.61. The van der Waals surface area contributed by atoms with Crippen molar-refractivity contribution in [2.24, 2.45) is 0 Å². The van der Waals surface area contributed by atoms with Crippen molar-refractivity contribution in [3.05, 3.63) is 70.6 Å². The molecule has 7 heteroatoms. The molecule has 0 aliphatic carbocycles. The van der Waals surface area contributed by atoms with Crippen LogP contribution in [-0.4, -0.2) is 28.0 Å². The lowest BCUT2D eigenvalue weighted by Crippen LogP contribution is -2.28. The maximum absolute atomic E-state index is 12.4. The summed E-state index contributed by atoms with van der Waals surface area (Å²) in [6.07, 6.45) is 1.95. The Hall–Kier alpha value is -3.48. The highest BCUT2D eigenvalue weighted by Gasteiger charge is 2.10. The van der Waals surface area contributed by atoms with E-state index < -0.39 is 5.97 Å².